The van der Waals surface area contributed by atoms with Crippen molar-refractivity contribution in [3.63, 3.8) is 0 Å². The molecule has 37 heavy (non-hydrogen) atoms. The maximum atomic E-state index is 13.3. The number of carboxylic acids is 1. The number of rotatable bonds is 5. The lowest BCUT2D eigenvalue weighted by molar-refractivity contribution is -0.255. The zero-order valence-corrected chi connectivity index (χ0v) is 20.4. The molecule has 0 atom stereocenters. The minimum atomic E-state index is -4.79. The second kappa shape index (κ2) is 9.11. The van der Waals surface area contributed by atoms with Crippen molar-refractivity contribution in [3.8, 4) is 5.69 Å². The van der Waals surface area contributed by atoms with E-state index in [0.29, 0.717) is 15.6 Å². The topological polar surface area (TPSA) is 111 Å². The Hall–Kier alpha value is -4.06. The van der Waals surface area contributed by atoms with Gasteiger partial charge in [0.2, 0.25) is 0 Å². The Morgan fingerprint density at radius 2 is 1.73 bits per heavy atom. The molecule has 9 nitrogen and oxygen atoms in total. The summed E-state index contributed by atoms with van der Waals surface area (Å²) in [6.07, 6.45) is -4.01. The normalized spacial score (nSPS) is 12.0. The van der Waals surface area contributed by atoms with E-state index in [4.69, 9.17) is 11.6 Å². The summed E-state index contributed by atoms with van der Waals surface area (Å²) >= 11 is 5.92. The minimum Gasteiger partial charge on any atom is -0.545 e. The lowest BCUT2D eigenvalue weighted by Crippen LogP contribution is -2.44. The zero-order valence-electron chi connectivity index (χ0n) is 19.7. The summed E-state index contributed by atoms with van der Waals surface area (Å²) in [6, 6.07) is 7.30. The number of aromatic carboxylic acids is 1. The third kappa shape index (κ3) is 4.37. The smallest absolute Gasteiger partial charge is 0.417 e. The molecular weight excluding hydrogens is 517 g/mol. The van der Waals surface area contributed by atoms with Gasteiger partial charge in [0, 0.05) is 19.3 Å². The molecule has 0 aliphatic carbocycles. The number of nitrogens with zero attached hydrogens (tertiary/aromatic N) is 4. The van der Waals surface area contributed by atoms with E-state index in [-0.39, 0.29) is 23.0 Å². The molecule has 0 spiro atoms. The Kier molecular flexibility index (Phi) is 6.40. The highest BCUT2D eigenvalue weighted by Crippen LogP contribution is 2.36. The minimum absolute atomic E-state index is 0.111. The van der Waals surface area contributed by atoms with Crippen LogP contribution in [0.3, 0.4) is 0 Å². The SMILES string of the molecule is CC(C)n1c(=O)n(C)c2cc(-n3cc(C(=O)[O-])c(=O)n(Cc4cccc(C(F)(F)F)c4Cl)c3=O)ccc21. The van der Waals surface area contributed by atoms with E-state index in [0.717, 1.165) is 22.9 Å². The fraction of sp³-hybridized carbons (Fsp3) is 0.250. The van der Waals surface area contributed by atoms with E-state index < -0.39 is 46.1 Å². The monoisotopic (exact) mass is 535 g/mol. The van der Waals surface area contributed by atoms with Crippen LogP contribution < -0.4 is 22.0 Å². The van der Waals surface area contributed by atoms with Gasteiger partial charge < -0.3 is 9.90 Å². The van der Waals surface area contributed by atoms with Crippen LogP contribution in [-0.4, -0.2) is 24.2 Å². The van der Waals surface area contributed by atoms with Crippen LogP contribution in [0.2, 0.25) is 5.02 Å². The molecule has 0 unspecified atom stereocenters. The van der Waals surface area contributed by atoms with Gasteiger partial charge in [-0.2, -0.15) is 13.2 Å². The Labute approximate surface area is 211 Å². The first-order valence-electron chi connectivity index (χ1n) is 10.9. The number of carbonyl (C=O) groups excluding carboxylic acids is 1. The molecule has 0 N–H and O–H groups in total. The molecule has 0 saturated heterocycles. The van der Waals surface area contributed by atoms with E-state index in [1.54, 1.807) is 6.07 Å². The molecule has 2 aromatic carbocycles. The molecule has 13 heteroatoms. The summed E-state index contributed by atoms with van der Waals surface area (Å²) in [5.74, 6) is -1.89. The van der Waals surface area contributed by atoms with Crippen molar-refractivity contribution in [3.05, 3.63) is 95.6 Å². The van der Waals surface area contributed by atoms with E-state index in [2.05, 4.69) is 0 Å². The van der Waals surface area contributed by atoms with Crippen molar-refractivity contribution < 1.29 is 23.1 Å². The second-order valence-corrected chi connectivity index (χ2v) is 9.01. The summed E-state index contributed by atoms with van der Waals surface area (Å²) in [5, 5.41) is 11.0. The summed E-state index contributed by atoms with van der Waals surface area (Å²) in [7, 11) is 1.53. The van der Waals surface area contributed by atoms with E-state index in [1.807, 2.05) is 13.8 Å². The lowest BCUT2D eigenvalue weighted by Gasteiger charge is -2.16. The van der Waals surface area contributed by atoms with Crippen LogP contribution in [0.15, 0.2) is 57.0 Å². The van der Waals surface area contributed by atoms with Crippen LogP contribution in [0.25, 0.3) is 16.7 Å². The summed E-state index contributed by atoms with van der Waals surface area (Å²) in [6.45, 7) is 2.91. The lowest BCUT2D eigenvalue weighted by atomic mass is 10.1. The standard InChI is InChI=1S/C24H20ClF3N4O5/c1-12(2)32-17-8-7-14(9-18(17)29(3)22(32)36)30-11-15(21(34)35)20(33)31(23(30)37)10-13-5-4-6-16(19(13)25)24(26,27)28/h4-9,11-12H,10H2,1-3H3,(H,34,35)/p-1. The fourth-order valence-electron chi connectivity index (χ4n) is 4.16. The number of hydrogen-bond donors (Lipinski definition) is 0. The number of halogens is 4. The number of benzene rings is 2. The number of carbonyl (C=O) groups is 1. The highest BCUT2D eigenvalue weighted by atomic mass is 35.5. The average Bonchev–Trinajstić information content (AvgIpc) is 3.06. The van der Waals surface area contributed by atoms with Gasteiger partial charge in [0.1, 0.15) is 0 Å². The van der Waals surface area contributed by atoms with E-state index in [1.165, 1.54) is 34.4 Å². The molecule has 0 bridgehead atoms. The van der Waals surface area contributed by atoms with Gasteiger partial charge in [0.05, 0.1) is 45.4 Å². The first kappa shape index (κ1) is 26.0. The van der Waals surface area contributed by atoms with Gasteiger partial charge in [-0.3, -0.25) is 23.1 Å². The number of alkyl halides is 3. The van der Waals surface area contributed by atoms with Crippen molar-refractivity contribution in [2.75, 3.05) is 0 Å². The molecule has 194 valence electrons. The van der Waals surface area contributed by atoms with Crippen molar-refractivity contribution in [2.24, 2.45) is 7.05 Å². The van der Waals surface area contributed by atoms with Gasteiger partial charge in [-0.15, -0.1) is 0 Å². The summed E-state index contributed by atoms with van der Waals surface area (Å²) in [4.78, 5) is 50.5. The second-order valence-electron chi connectivity index (χ2n) is 8.63. The first-order valence-corrected chi connectivity index (χ1v) is 11.3. The predicted molar refractivity (Wildman–Crippen MR) is 127 cm³/mol. The third-order valence-electron chi connectivity index (χ3n) is 5.97. The van der Waals surface area contributed by atoms with Crippen LogP contribution >= 0.6 is 11.6 Å². The zero-order chi connectivity index (χ0) is 27.4. The Balaban J connectivity index is 1.96. The molecule has 4 rings (SSSR count). The Bertz CT molecular complexity index is 1740. The number of hydrogen-bond acceptors (Lipinski definition) is 5. The highest BCUT2D eigenvalue weighted by Gasteiger charge is 2.34. The third-order valence-corrected chi connectivity index (χ3v) is 6.42. The van der Waals surface area contributed by atoms with Crippen molar-refractivity contribution >= 4 is 28.6 Å². The number of aryl methyl sites for hydroxylation is 1. The van der Waals surface area contributed by atoms with Gasteiger partial charge in [-0.05, 0) is 43.7 Å². The number of aromatic nitrogens is 4. The molecule has 0 fully saturated rings. The molecule has 2 heterocycles. The van der Waals surface area contributed by atoms with Crippen molar-refractivity contribution in [1.82, 2.24) is 18.3 Å². The van der Waals surface area contributed by atoms with Gasteiger partial charge in [-0.25, -0.2) is 9.59 Å². The predicted octanol–water partition coefficient (Wildman–Crippen LogP) is 2.32. The fourth-order valence-corrected chi connectivity index (χ4v) is 4.45. The van der Waals surface area contributed by atoms with Crippen molar-refractivity contribution in [2.45, 2.75) is 32.6 Å². The number of imidazole rings is 1. The molecular formula is C24H19ClF3N4O5-. The highest BCUT2D eigenvalue weighted by molar-refractivity contribution is 6.32. The van der Waals surface area contributed by atoms with Crippen LogP contribution in [0, 0.1) is 0 Å². The Morgan fingerprint density at radius 3 is 2.32 bits per heavy atom. The van der Waals surface area contributed by atoms with Crippen LogP contribution in [-0.2, 0) is 19.8 Å². The number of carboxylic acid groups (broad SMARTS) is 1. The van der Waals surface area contributed by atoms with Crippen LogP contribution in [0.1, 0.15) is 41.4 Å². The summed E-state index contributed by atoms with van der Waals surface area (Å²) in [5.41, 5.74) is -3.79. The molecule has 4 aromatic rings. The van der Waals surface area contributed by atoms with Crippen LogP contribution in [0.4, 0.5) is 13.2 Å². The quantitative estimate of drug-likeness (QED) is 0.389. The molecule has 0 radical (unpaired) electrons. The van der Waals surface area contributed by atoms with Gasteiger partial charge in [-0.1, -0.05) is 23.7 Å². The van der Waals surface area contributed by atoms with Crippen molar-refractivity contribution in [1.29, 1.82) is 0 Å². The van der Waals surface area contributed by atoms with Crippen LogP contribution in [0.5, 0.6) is 0 Å². The largest absolute Gasteiger partial charge is 0.545 e. The van der Waals surface area contributed by atoms with Gasteiger partial charge in [0.25, 0.3) is 5.56 Å². The maximum absolute atomic E-state index is 13.3. The Morgan fingerprint density at radius 1 is 1.05 bits per heavy atom. The number of fused-ring (bicyclic) bond motifs is 1. The molecule has 0 aliphatic heterocycles. The first-order chi connectivity index (χ1) is 17.2. The van der Waals surface area contributed by atoms with E-state index in [9.17, 15) is 37.5 Å². The molecule has 0 amide bonds. The average molecular weight is 536 g/mol. The van der Waals surface area contributed by atoms with Gasteiger partial charge >= 0.3 is 17.6 Å². The maximum Gasteiger partial charge on any atom is 0.417 e. The molecule has 2 aromatic heterocycles. The summed E-state index contributed by atoms with van der Waals surface area (Å²) < 4.78 is 44.1. The molecule has 0 aliphatic rings. The van der Waals surface area contributed by atoms with E-state index >= 15 is 0 Å². The molecule has 0 saturated carbocycles. The van der Waals surface area contributed by atoms with Gasteiger partial charge in [0.15, 0.2) is 0 Å².